The summed E-state index contributed by atoms with van der Waals surface area (Å²) in [5.74, 6) is 1.57. The highest BCUT2D eigenvalue weighted by Gasteiger charge is 2.00. The highest BCUT2D eigenvalue weighted by molar-refractivity contribution is 5.61. The second-order valence-corrected chi connectivity index (χ2v) is 5.87. The van der Waals surface area contributed by atoms with Gasteiger partial charge in [0.1, 0.15) is 11.5 Å². The zero-order valence-electron chi connectivity index (χ0n) is 14.5. The summed E-state index contributed by atoms with van der Waals surface area (Å²) in [5, 5.41) is 6.63. The van der Waals surface area contributed by atoms with Gasteiger partial charge in [-0.3, -0.25) is 9.97 Å². The van der Waals surface area contributed by atoms with Crippen molar-refractivity contribution >= 4 is 22.7 Å². The van der Waals surface area contributed by atoms with Gasteiger partial charge in [-0.05, 0) is 72.8 Å². The average molecular weight is 354 g/mol. The van der Waals surface area contributed by atoms with Crippen LogP contribution in [0.2, 0.25) is 0 Å². The lowest BCUT2D eigenvalue weighted by molar-refractivity contribution is 0.483. The molecular weight excluding hydrogens is 336 g/mol. The van der Waals surface area contributed by atoms with Gasteiger partial charge in [-0.1, -0.05) is 0 Å². The maximum atomic E-state index is 5.91. The van der Waals surface area contributed by atoms with Crippen molar-refractivity contribution in [1.82, 2.24) is 9.97 Å². The standard InChI is InChI=1S/C22H18N4O/c1-5-21(6-2-17(1)25-19-9-13-23-14-10-19)27-22-7-3-18(4-8-22)26-20-11-15-24-16-12-20/h1-16H,(H,23,25)(H,24,26). The van der Waals surface area contributed by atoms with Crippen molar-refractivity contribution in [3.05, 3.63) is 97.6 Å². The maximum absolute atomic E-state index is 5.91. The van der Waals surface area contributed by atoms with Gasteiger partial charge in [0.05, 0.1) is 0 Å². The van der Waals surface area contributed by atoms with Crippen molar-refractivity contribution in [1.29, 1.82) is 0 Å². The number of rotatable bonds is 6. The maximum Gasteiger partial charge on any atom is 0.127 e. The molecule has 27 heavy (non-hydrogen) atoms. The molecule has 0 aliphatic carbocycles. The molecule has 0 fully saturated rings. The number of nitrogens with one attached hydrogen (secondary N) is 2. The van der Waals surface area contributed by atoms with E-state index >= 15 is 0 Å². The Hall–Kier alpha value is -3.86. The minimum Gasteiger partial charge on any atom is -0.457 e. The van der Waals surface area contributed by atoms with Crippen LogP contribution in [0, 0.1) is 0 Å². The third kappa shape index (κ3) is 4.61. The lowest BCUT2D eigenvalue weighted by atomic mass is 10.2. The fourth-order valence-electron chi connectivity index (χ4n) is 2.55. The Labute approximate surface area is 157 Å². The highest BCUT2D eigenvalue weighted by Crippen LogP contribution is 2.26. The third-order valence-electron chi connectivity index (χ3n) is 3.88. The lowest BCUT2D eigenvalue weighted by Gasteiger charge is -2.10. The number of benzene rings is 2. The quantitative estimate of drug-likeness (QED) is 0.461. The summed E-state index contributed by atoms with van der Waals surface area (Å²) in [6.45, 7) is 0. The number of anilines is 4. The third-order valence-corrected chi connectivity index (χ3v) is 3.88. The molecule has 0 aliphatic rings. The first-order valence-electron chi connectivity index (χ1n) is 8.57. The van der Waals surface area contributed by atoms with E-state index < -0.39 is 0 Å². The van der Waals surface area contributed by atoms with Gasteiger partial charge >= 0.3 is 0 Å². The molecule has 0 aliphatic heterocycles. The molecule has 132 valence electrons. The second-order valence-electron chi connectivity index (χ2n) is 5.87. The minimum absolute atomic E-state index is 0.783. The molecule has 0 radical (unpaired) electrons. The summed E-state index contributed by atoms with van der Waals surface area (Å²) in [6, 6.07) is 23.4. The fraction of sp³-hybridized carbons (Fsp3) is 0. The number of hydrogen-bond acceptors (Lipinski definition) is 5. The Balaban J connectivity index is 1.37. The van der Waals surface area contributed by atoms with Crippen molar-refractivity contribution in [3.8, 4) is 11.5 Å². The van der Waals surface area contributed by atoms with E-state index in [1.54, 1.807) is 24.8 Å². The summed E-state index contributed by atoms with van der Waals surface area (Å²) in [7, 11) is 0. The van der Waals surface area contributed by atoms with Gasteiger partial charge in [-0.15, -0.1) is 0 Å². The molecule has 0 spiro atoms. The van der Waals surface area contributed by atoms with Gasteiger partial charge in [0, 0.05) is 47.5 Å². The van der Waals surface area contributed by atoms with E-state index in [1.807, 2.05) is 72.8 Å². The predicted molar refractivity (Wildman–Crippen MR) is 108 cm³/mol. The molecule has 0 atom stereocenters. The molecule has 0 saturated carbocycles. The molecule has 5 heteroatoms. The van der Waals surface area contributed by atoms with Crippen LogP contribution in [-0.2, 0) is 0 Å². The van der Waals surface area contributed by atoms with Crippen molar-refractivity contribution < 1.29 is 4.74 Å². The Morgan fingerprint density at radius 3 is 1.15 bits per heavy atom. The van der Waals surface area contributed by atoms with Crippen LogP contribution in [0.25, 0.3) is 0 Å². The van der Waals surface area contributed by atoms with E-state index in [-0.39, 0.29) is 0 Å². The van der Waals surface area contributed by atoms with Crippen LogP contribution in [0.5, 0.6) is 11.5 Å². The highest BCUT2D eigenvalue weighted by atomic mass is 16.5. The number of hydrogen-bond donors (Lipinski definition) is 2. The van der Waals surface area contributed by atoms with Crippen LogP contribution < -0.4 is 15.4 Å². The first-order chi connectivity index (χ1) is 13.3. The first kappa shape index (κ1) is 16.6. The van der Waals surface area contributed by atoms with Gasteiger partial charge < -0.3 is 15.4 Å². The van der Waals surface area contributed by atoms with E-state index in [4.69, 9.17) is 4.74 Å². The summed E-state index contributed by atoms with van der Waals surface area (Å²) in [6.07, 6.45) is 7.03. The van der Waals surface area contributed by atoms with E-state index in [9.17, 15) is 0 Å². The van der Waals surface area contributed by atoms with Crippen molar-refractivity contribution in [2.24, 2.45) is 0 Å². The zero-order valence-corrected chi connectivity index (χ0v) is 14.5. The van der Waals surface area contributed by atoms with Crippen molar-refractivity contribution in [3.63, 3.8) is 0 Å². The van der Waals surface area contributed by atoms with Crippen LogP contribution in [0.15, 0.2) is 97.6 Å². The van der Waals surface area contributed by atoms with Crippen LogP contribution in [0.4, 0.5) is 22.7 Å². The van der Waals surface area contributed by atoms with E-state index in [1.165, 1.54) is 0 Å². The summed E-state index contributed by atoms with van der Waals surface area (Å²) < 4.78 is 5.91. The Morgan fingerprint density at radius 1 is 0.444 bits per heavy atom. The lowest BCUT2D eigenvalue weighted by Crippen LogP contribution is -1.91. The Kier molecular flexibility index (Phi) is 4.93. The van der Waals surface area contributed by atoms with Crippen LogP contribution in [-0.4, -0.2) is 9.97 Å². The van der Waals surface area contributed by atoms with E-state index in [2.05, 4.69) is 20.6 Å². The number of pyridine rings is 2. The van der Waals surface area contributed by atoms with E-state index in [0.29, 0.717) is 0 Å². The number of nitrogens with zero attached hydrogens (tertiary/aromatic N) is 2. The summed E-state index contributed by atoms with van der Waals surface area (Å²) in [5.41, 5.74) is 3.97. The van der Waals surface area contributed by atoms with Crippen LogP contribution in [0.1, 0.15) is 0 Å². The van der Waals surface area contributed by atoms with Gasteiger partial charge in [0.15, 0.2) is 0 Å². The van der Waals surface area contributed by atoms with Gasteiger partial charge in [0.25, 0.3) is 0 Å². The Bertz CT molecular complexity index is 889. The number of ether oxygens (including phenoxy) is 1. The SMILES string of the molecule is c1cc(Nc2ccc(Oc3ccc(Nc4ccncc4)cc3)cc2)ccn1. The Morgan fingerprint density at radius 2 is 0.778 bits per heavy atom. The first-order valence-corrected chi connectivity index (χ1v) is 8.57. The largest absolute Gasteiger partial charge is 0.457 e. The zero-order chi connectivity index (χ0) is 18.3. The average Bonchev–Trinajstić information content (AvgIpc) is 2.73. The molecule has 0 bridgehead atoms. The van der Waals surface area contributed by atoms with Gasteiger partial charge in [-0.2, -0.15) is 0 Å². The van der Waals surface area contributed by atoms with Crippen LogP contribution >= 0.6 is 0 Å². The predicted octanol–water partition coefficient (Wildman–Crippen LogP) is 5.76. The number of aromatic nitrogens is 2. The van der Waals surface area contributed by atoms with Gasteiger partial charge in [0.2, 0.25) is 0 Å². The molecule has 2 aromatic heterocycles. The normalized spacial score (nSPS) is 10.2. The molecule has 0 amide bonds. The monoisotopic (exact) mass is 354 g/mol. The van der Waals surface area contributed by atoms with Crippen LogP contribution in [0.3, 0.4) is 0 Å². The molecule has 0 saturated heterocycles. The molecule has 4 aromatic rings. The fourth-order valence-corrected chi connectivity index (χ4v) is 2.55. The molecule has 5 nitrogen and oxygen atoms in total. The molecular formula is C22H18N4O. The molecule has 4 rings (SSSR count). The van der Waals surface area contributed by atoms with Crippen molar-refractivity contribution in [2.75, 3.05) is 10.6 Å². The van der Waals surface area contributed by atoms with Gasteiger partial charge in [-0.25, -0.2) is 0 Å². The molecule has 2 heterocycles. The second kappa shape index (κ2) is 8.01. The summed E-state index contributed by atoms with van der Waals surface area (Å²) in [4.78, 5) is 8.02. The molecule has 2 N–H and O–H groups in total. The van der Waals surface area contributed by atoms with E-state index in [0.717, 1.165) is 34.2 Å². The minimum atomic E-state index is 0.783. The molecule has 2 aromatic carbocycles. The summed E-state index contributed by atoms with van der Waals surface area (Å²) >= 11 is 0. The smallest absolute Gasteiger partial charge is 0.127 e. The topological polar surface area (TPSA) is 59.1 Å². The molecule has 0 unspecified atom stereocenters. The van der Waals surface area contributed by atoms with Crippen molar-refractivity contribution in [2.45, 2.75) is 0 Å².